The van der Waals surface area contributed by atoms with Crippen molar-refractivity contribution in [2.24, 2.45) is 0 Å². The lowest BCUT2D eigenvalue weighted by Gasteiger charge is -2.01. The highest BCUT2D eigenvalue weighted by atomic mass is 14.6. The van der Waals surface area contributed by atoms with E-state index in [9.17, 15) is 0 Å². The van der Waals surface area contributed by atoms with Gasteiger partial charge in [0.15, 0.2) is 0 Å². The standard InChI is InChI=1S/C8H10N2/c1-6-3-2-4-8(10)7(6)5-9/h2-5,9H,10H2,1H3. The van der Waals surface area contributed by atoms with Crippen LogP contribution in [0.1, 0.15) is 11.1 Å². The van der Waals surface area contributed by atoms with E-state index in [1.165, 1.54) is 6.21 Å². The molecular weight excluding hydrogens is 124 g/mol. The lowest BCUT2D eigenvalue weighted by molar-refractivity contribution is 1.43. The van der Waals surface area contributed by atoms with E-state index in [0.717, 1.165) is 11.1 Å². The van der Waals surface area contributed by atoms with E-state index in [2.05, 4.69) is 0 Å². The maximum atomic E-state index is 7.02. The van der Waals surface area contributed by atoms with E-state index in [1.807, 2.05) is 19.1 Å². The number of benzene rings is 1. The summed E-state index contributed by atoms with van der Waals surface area (Å²) in [7, 11) is 0. The molecule has 0 spiro atoms. The van der Waals surface area contributed by atoms with Crippen molar-refractivity contribution in [1.29, 1.82) is 5.41 Å². The van der Waals surface area contributed by atoms with Crippen LogP contribution in [0.5, 0.6) is 0 Å². The largest absolute Gasteiger partial charge is 0.398 e. The summed E-state index contributed by atoms with van der Waals surface area (Å²) in [5.41, 5.74) is 8.13. The molecule has 10 heavy (non-hydrogen) atoms. The highest BCUT2D eigenvalue weighted by Gasteiger charge is 1.96. The molecule has 2 heteroatoms. The maximum absolute atomic E-state index is 7.02. The molecule has 0 radical (unpaired) electrons. The molecule has 0 unspecified atom stereocenters. The molecule has 0 heterocycles. The molecule has 0 aliphatic carbocycles. The minimum absolute atomic E-state index is 0.676. The summed E-state index contributed by atoms with van der Waals surface area (Å²) in [6.07, 6.45) is 1.28. The molecule has 2 nitrogen and oxygen atoms in total. The fraction of sp³-hybridized carbons (Fsp3) is 0.125. The molecule has 52 valence electrons. The zero-order chi connectivity index (χ0) is 7.56. The van der Waals surface area contributed by atoms with Crippen LogP contribution in [0.4, 0.5) is 5.69 Å². The van der Waals surface area contributed by atoms with Gasteiger partial charge in [-0.25, -0.2) is 0 Å². The first-order valence-corrected chi connectivity index (χ1v) is 3.11. The fourth-order valence-electron chi connectivity index (χ4n) is 0.901. The molecule has 0 saturated carbocycles. The summed E-state index contributed by atoms with van der Waals surface area (Å²) >= 11 is 0. The van der Waals surface area contributed by atoms with Crippen molar-refractivity contribution in [3.05, 3.63) is 29.3 Å². The molecule has 0 fully saturated rings. The van der Waals surface area contributed by atoms with Crippen molar-refractivity contribution in [3.63, 3.8) is 0 Å². The zero-order valence-electron chi connectivity index (χ0n) is 5.89. The van der Waals surface area contributed by atoms with Crippen LogP contribution in [0.25, 0.3) is 0 Å². The lowest BCUT2D eigenvalue weighted by atomic mass is 10.1. The number of anilines is 1. The Morgan fingerprint density at radius 2 is 2.20 bits per heavy atom. The Labute approximate surface area is 60.2 Å². The van der Waals surface area contributed by atoms with Crippen LogP contribution in [-0.2, 0) is 0 Å². The van der Waals surface area contributed by atoms with Crippen molar-refractivity contribution in [2.75, 3.05) is 5.73 Å². The molecule has 0 amide bonds. The van der Waals surface area contributed by atoms with Gasteiger partial charge < -0.3 is 11.1 Å². The summed E-state index contributed by atoms with van der Waals surface area (Å²) in [6.45, 7) is 1.94. The molecule has 0 atom stereocenters. The van der Waals surface area contributed by atoms with Gasteiger partial charge in [0.05, 0.1) is 0 Å². The monoisotopic (exact) mass is 134 g/mol. The molecule has 0 saturated heterocycles. The van der Waals surface area contributed by atoms with Crippen LogP contribution in [-0.4, -0.2) is 6.21 Å². The smallest absolute Gasteiger partial charge is 0.0405 e. The lowest BCUT2D eigenvalue weighted by Crippen LogP contribution is -1.94. The molecule has 1 aromatic rings. The van der Waals surface area contributed by atoms with Crippen LogP contribution in [0.2, 0.25) is 0 Å². The van der Waals surface area contributed by atoms with Crippen LogP contribution < -0.4 is 5.73 Å². The van der Waals surface area contributed by atoms with Crippen molar-refractivity contribution < 1.29 is 0 Å². The van der Waals surface area contributed by atoms with E-state index >= 15 is 0 Å². The Bertz CT molecular complexity index is 233. The highest BCUT2D eigenvalue weighted by Crippen LogP contribution is 2.12. The van der Waals surface area contributed by atoms with E-state index in [-0.39, 0.29) is 0 Å². The Morgan fingerprint density at radius 1 is 1.50 bits per heavy atom. The minimum Gasteiger partial charge on any atom is -0.398 e. The van der Waals surface area contributed by atoms with Gasteiger partial charge in [0.2, 0.25) is 0 Å². The predicted molar refractivity (Wildman–Crippen MR) is 43.5 cm³/mol. The van der Waals surface area contributed by atoms with Gasteiger partial charge >= 0.3 is 0 Å². The summed E-state index contributed by atoms with van der Waals surface area (Å²) in [4.78, 5) is 0. The first kappa shape index (κ1) is 6.81. The van der Waals surface area contributed by atoms with Gasteiger partial charge in [-0.3, -0.25) is 0 Å². The molecule has 0 aromatic heterocycles. The molecule has 1 rings (SSSR count). The maximum Gasteiger partial charge on any atom is 0.0405 e. The third kappa shape index (κ3) is 1.00. The first-order chi connectivity index (χ1) is 4.75. The number of nitrogen functional groups attached to an aromatic ring is 1. The fourth-order valence-corrected chi connectivity index (χ4v) is 0.901. The van der Waals surface area contributed by atoms with E-state index in [1.54, 1.807) is 6.07 Å². The normalized spacial score (nSPS) is 9.30. The van der Waals surface area contributed by atoms with Gasteiger partial charge in [-0.05, 0) is 18.6 Å². The first-order valence-electron chi connectivity index (χ1n) is 3.11. The summed E-state index contributed by atoms with van der Waals surface area (Å²) < 4.78 is 0. The van der Waals surface area contributed by atoms with E-state index < -0.39 is 0 Å². The Balaban J connectivity index is 3.30. The topological polar surface area (TPSA) is 49.9 Å². The number of hydrogen-bond acceptors (Lipinski definition) is 2. The number of rotatable bonds is 1. The zero-order valence-corrected chi connectivity index (χ0v) is 5.89. The van der Waals surface area contributed by atoms with E-state index in [4.69, 9.17) is 11.1 Å². The molecule has 0 aliphatic heterocycles. The second-order valence-corrected chi connectivity index (χ2v) is 2.22. The van der Waals surface area contributed by atoms with Gasteiger partial charge in [-0.1, -0.05) is 12.1 Å². The third-order valence-corrected chi connectivity index (χ3v) is 1.50. The Morgan fingerprint density at radius 3 is 2.60 bits per heavy atom. The van der Waals surface area contributed by atoms with Gasteiger partial charge in [-0.2, -0.15) is 0 Å². The number of hydrogen-bond donors (Lipinski definition) is 2. The molecule has 0 aliphatic rings. The molecule has 3 N–H and O–H groups in total. The number of aryl methyl sites for hydroxylation is 1. The molecule has 1 aromatic carbocycles. The number of nitrogens with two attached hydrogens (primary N) is 1. The van der Waals surface area contributed by atoms with Crippen molar-refractivity contribution >= 4 is 11.9 Å². The summed E-state index contributed by atoms with van der Waals surface area (Å²) in [5, 5.41) is 7.02. The SMILES string of the molecule is Cc1cccc(N)c1C=N. The molecule has 0 bridgehead atoms. The summed E-state index contributed by atoms with van der Waals surface area (Å²) in [5.74, 6) is 0. The second kappa shape index (κ2) is 2.52. The van der Waals surface area contributed by atoms with Crippen molar-refractivity contribution in [1.82, 2.24) is 0 Å². The van der Waals surface area contributed by atoms with Crippen LogP contribution >= 0.6 is 0 Å². The Kier molecular flexibility index (Phi) is 1.71. The van der Waals surface area contributed by atoms with E-state index in [0.29, 0.717) is 5.69 Å². The van der Waals surface area contributed by atoms with Crippen LogP contribution in [0.15, 0.2) is 18.2 Å². The highest BCUT2D eigenvalue weighted by molar-refractivity contribution is 5.86. The Hall–Kier alpha value is -1.31. The molecular formula is C8H10N2. The minimum atomic E-state index is 0.676. The third-order valence-electron chi connectivity index (χ3n) is 1.50. The summed E-state index contributed by atoms with van der Waals surface area (Å²) in [6, 6.07) is 5.63. The van der Waals surface area contributed by atoms with Gasteiger partial charge in [-0.15, -0.1) is 0 Å². The van der Waals surface area contributed by atoms with Gasteiger partial charge in [0, 0.05) is 17.5 Å². The average molecular weight is 134 g/mol. The van der Waals surface area contributed by atoms with Gasteiger partial charge in [0.25, 0.3) is 0 Å². The van der Waals surface area contributed by atoms with Crippen LogP contribution in [0.3, 0.4) is 0 Å². The van der Waals surface area contributed by atoms with Crippen LogP contribution in [0, 0.1) is 12.3 Å². The predicted octanol–water partition coefficient (Wildman–Crippen LogP) is 1.57. The second-order valence-electron chi connectivity index (χ2n) is 2.22. The average Bonchev–Trinajstić information content (AvgIpc) is 1.88. The van der Waals surface area contributed by atoms with Crippen molar-refractivity contribution in [2.45, 2.75) is 6.92 Å². The van der Waals surface area contributed by atoms with Gasteiger partial charge in [0.1, 0.15) is 0 Å². The quantitative estimate of drug-likeness (QED) is 0.444. The van der Waals surface area contributed by atoms with Crippen molar-refractivity contribution in [3.8, 4) is 0 Å². The number of nitrogens with one attached hydrogen (secondary N) is 1.